The molecule has 1 atom stereocenters. The molecule has 4 aromatic rings. The fourth-order valence-electron chi connectivity index (χ4n) is 4.37. The molecule has 4 rings (SSSR count). The second-order valence-corrected chi connectivity index (χ2v) is 11.9. The molecule has 0 saturated carbocycles. The molecule has 1 unspecified atom stereocenters. The number of hydrogen-bond donors (Lipinski definition) is 3. The van der Waals surface area contributed by atoms with Gasteiger partial charge in [-0.05, 0) is 54.3 Å². The Kier molecular flexibility index (Phi) is 9.58. The van der Waals surface area contributed by atoms with Crippen LogP contribution in [0.1, 0.15) is 39.4 Å². The Hall–Kier alpha value is -3.72. The number of carboxylic acids is 1. The van der Waals surface area contributed by atoms with Gasteiger partial charge in [-0.25, -0.2) is 22.3 Å². The van der Waals surface area contributed by atoms with E-state index in [2.05, 4.69) is 10.0 Å². The molecule has 0 fully saturated rings. The SMILES string of the molecule is Cc1ccc(-c2ccc(C(=O)O)cc2NCC(CCS(=O)(=O)NCc2ccc(F)c(Cl)c2)c2ccccc2)cc1. The average molecular weight is 581 g/mol. The monoisotopic (exact) mass is 580 g/mol. The first-order valence-corrected chi connectivity index (χ1v) is 14.8. The summed E-state index contributed by atoms with van der Waals surface area (Å²) >= 11 is 5.81. The first kappa shape index (κ1) is 29.3. The zero-order valence-corrected chi connectivity index (χ0v) is 23.5. The predicted octanol–water partition coefficient (Wildman–Crippen LogP) is 6.86. The van der Waals surface area contributed by atoms with E-state index in [4.69, 9.17) is 11.6 Å². The molecule has 4 aromatic carbocycles. The zero-order chi connectivity index (χ0) is 28.7. The van der Waals surface area contributed by atoms with E-state index in [0.29, 0.717) is 24.2 Å². The second-order valence-electron chi connectivity index (χ2n) is 9.60. The van der Waals surface area contributed by atoms with Crippen molar-refractivity contribution in [3.8, 4) is 11.1 Å². The Morgan fingerprint density at radius 2 is 1.70 bits per heavy atom. The number of nitrogens with one attached hydrogen (secondary N) is 2. The van der Waals surface area contributed by atoms with Crippen LogP contribution in [0, 0.1) is 12.7 Å². The maximum atomic E-state index is 13.4. The summed E-state index contributed by atoms with van der Waals surface area (Å²) < 4.78 is 41.7. The molecule has 9 heteroatoms. The van der Waals surface area contributed by atoms with Crippen LogP contribution in [0.25, 0.3) is 11.1 Å². The highest BCUT2D eigenvalue weighted by Crippen LogP contribution is 2.31. The average Bonchev–Trinajstić information content (AvgIpc) is 2.94. The van der Waals surface area contributed by atoms with Gasteiger partial charge >= 0.3 is 5.97 Å². The third-order valence-electron chi connectivity index (χ3n) is 6.65. The van der Waals surface area contributed by atoms with Crippen LogP contribution in [0.5, 0.6) is 0 Å². The maximum absolute atomic E-state index is 13.4. The van der Waals surface area contributed by atoms with Gasteiger partial charge in [-0.15, -0.1) is 0 Å². The minimum atomic E-state index is -3.65. The Labute approximate surface area is 238 Å². The lowest BCUT2D eigenvalue weighted by Gasteiger charge is -2.21. The quantitative estimate of drug-likeness (QED) is 0.170. The largest absolute Gasteiger partial charge is 0.478 e. The lowest BCUT2D eigenvalue weighted by atomic mass is 9.95. The van der Waals surface area contributed by atoms with Crippen molar-refractivity contribution < 1.29 is 22.7 Å². The van der Waals surface area contributed by atoms with Gasteiger partial charge in [0.15, 0.2) is 0 Å². The van der Waals surface area contributed by atoms with E-state index in [1.165, 1.54) is 18.2 Å². The highest BCUT2D eigenvalue weighted by Gasteiger charge is 2.19. The molecular weight excluding hydrogens is 551 g/mol. The molecular formula is C31H30ClFN2O4S. The van der Waals surface area contributed by atoms with E-state index in [1.807, 2.05) is 61.5 Å². The summed E-state index contributed by atoms with van der Waals surface area (Å²) in [5, 5.41) is 12.9. The molecule has 0 saturated heterocycles. The van der Waals surface area contributed by atoms with Crippen LogP contribution in [-0.4, -0.2) is 31.8 Å². The van der Waals surface area contributed by atoms with Gasteiger partial charge in [0.25, 0.3) is 0 Å². The Bertz CT molecular complexity index is 1580. The number of aryl methyl sites for hydroxylation is 1. The van der Waals surface area contributed by atoms with Crippen molar-refractivity contribution in [3.05, 3.63) is 124 Å². The fourth-order valence-corrected chi connectivity index (χ4v) is 5.69. The summed E-state index contributed by atoms with van der Waals surface area (Å²) in [6, 6.07) is 26.6. The van der Waals surface area contributed by atoms with E-state index >= 15 is 0 Å². The number of anilines is 1. The molecule has 0 spiro atoms. The number of rotatable bonds is 12. The van der Waals surface area contributed by atoms with Gasteiger partial charge in [0.05, 0.1) is 16.3 Å². The molecule has 208 valence electrons. The van der Waals surface area contributed by atoms with Gasteiger partial charge in [-0.3, -0.25) is 0 Å². The fraction of sp³-hybridized carbons (Fsp3) is 0.194. The van der Waals surface area contributed by atoms with Crippen LogP contribution in [0.2, 0.25) is 5.02 Å². The second kappa shape index (κ2) is 13.1. The van der Waals surface area contributed by atoms with E-state index < -0.39 is 21.8 Å². The van der Waals surface area contributed by atoms with E-state index in [9.17, 15) is 22.7 Å². The molecule has 0 aromatic heterocycles. The standard InChI is InChI=1S/C31H30ClFN2O4S/c1-21-7-10-24(11-8-21)27-13-12-25(31(36)37)18-30(27)34-20-26(23-5-3-2-4-6-23)15-16-40(38,39)35-19-22-9-14-29(33)28(32)17-22/h2-14,17-18,26,34-35H,15-16,19-20H2,1H3,(H,36,37). The summed E-state index contributed by atoms with van der Waals surface area (Å²) in [7, 11) is -3.65. The highest BCUT2D eigenvalue weighted by atomic mass is 35.5. The first-order valence-electron chi connectivity index (χ1n) is 12.8. The minimum absolute atomic E-state index is 0.00151. The van der Waals surface area contributed by atoms with Gasteiger partial charge in [0.1, 0.15) is 5.82 Å². The predicted molar refractivity (Wildman–Crippen MR) is 158 cm³/mol. The molecule has 0 amide bonds. The maximum Gasteiger partial charge on any atom is 0.335 e. The molecule has 0 aliphatic rings. The van der Waals surface area contributed by atoms with Crippen molar-refractivity contribution in [2.75, 3.05) is 17.6 Å². The third-order valence-corrected chi connectivity index (χ3v) is 8.30. The molecule has 0 radical (unpaired) electrons. The Balaban J connectivity index is 1.51. The molecule has 0 aliphatic carbocycles. The van der Waals surface area contributed by atoms with Gasteiger partial charge < -0.3 is 10.4 Å². The molecule has 6 nitrogen and oxygen atoms in total. The number of carboxylic acid groups (broad SMARTS) is 1. The molecule has 0 bridgehead atoms. The third kappa shape index (κ3) is 7.91. The van der Waals surface area contributed by atoms with Gasteiger partial charge in [0.2, 0.25) is 10.0 Å². The number of carbonyl (C=O) groups is 1. The van der Waals surface area contributed by atoms with Crippen molar-refractivity contribution in [2.45, 2.75) is 25.8 Å². The van der Waals surface area contributed by atoms with Crippen LogP contribution in [0.4, 0.5) is 10.1 Å². The van der Waals surface area contributed by atoms with Crippen molar-refractivity contribution >= 4 is 33.3 Å². The molecule has 40 heavy (non-hydrogen) atoms. The van der Waals surface area contributed by atoms with Crippen LogP contribution in [0.3, 0.4) is 0 Å². The van der Waals surface area contributed by atoms with Gasteiger partial charge in [0, 0.05) is 30.3 Å². The summed E-state index contributed by atoms with van der Waals surface area (Å²) in [5.74, 6) is -1.91. The summed E-state index contributed by atoms with van der Waals surface area (Å²) in [6.07, 6.45) is 0.314. The lowest BCUT2D eigenvalue weighted by molar-refractivity contribution is 0.0697. The number of sulfonamides is 1. The Morgan fingerprint density at radius 1 is 0.975 bits per heavy atom. The van der Waals surface area contributed by atoms with Gasteiger partial charge in [-0.1, -0.05) is 83.9 Å². The Morgan fingerprint density at radius 3 is 2.38 bits per heavy atom. The molecule has 0 heterocycles. The lowest BCUT2D eigenvalue weighted by Crippen LogP contribution is -2.27. The van der Waals surface area contributed by atoms with Crippen molar-refractivity contribution in [1.82, 2.24) is 4.72 Å². The summed E-state index contributed by atoms with van der Waals surface area (Å²) in [4.78, 5) is 11.7. The van der Waals surface area contributed by atoms with E-state index in [-0.39, 0.29) is 28.8 Å². The van der Waals surface area contributed by atoms with E-state index in [0.717, 1.165) is 22.3 Å². The van der Waals surface area contributed by atoms with Crippen LogP contribution in [-0.2, 0) is 16.6 Å². The molecule has 3 N–H and O–H groups in total. The normalized spacial score (nSPS) is 12.2. The van der Waals surface area contributed by atoms with Crippen LogP contribution in [0.15, 0.2) is 91.0 Å². The van der Waals surface area contributed by atoms with Crippen LogP contribution < -0.4 is 10.0 Å². The molecule has 0 aliphatic heterocycles. The van der Waals surface area contributed by atoms with Gasteiger partial charge in [-0.2, -0.15) is 0 Å². The number of hydrogen-bond acceptors (Lipinski definition) is 4. The number of benzene rings is 4. The zero-order valence-electron chi connectivity index (χ0n) is 21.9. The number of halogens is 2. The van der Waals surface area contributed by atoms with Crippen molar-refractivity contribution in [1.29, 1.82) is 0 Å². The van der Waals surface area contributed by atoms with Crippen molar-refractivity contribution in [3.63, 3.8) is 0 Å². The minimum Gasteiger partial charge on any atom is -0.478 e. The van der Waals surface area contributed by atoms with Crippen molar-refractivity contribution in [2.24, 2.45) is 0 Å². The first-order chi connectivity index (χ1) is 19.1. The smallest absolute Gasteiger partial charge is 0.335 e. The van der Waals surface area contributed by atoms with Crippen LogP contribution >= 0.6 is 11.6 Å². The summed E-state index contributed by atoms with van der Waals surface area (Å²) in [5.41, 5.74) is 5.22. The number of aromatic carboxylic acids is 1. The highest BCUT2D eigenvalue weighted by molar-refractivity contribution is 7.89. The van der Waals surface area contributed by atoms with E-state index in [1.54, 1.807) is 18.2 Å². The topological polar surface area (TPSA) is 95.5 Å². The summed E-state index contributed by atoms with van der Waals surface area (Å²) in [6.45, 7) is 2.38.